The highest BCUT2D eigenvalue weighted by Crippen LogP contribution is 2.34. The maximum atomic E-state index is 5.99. The molecule has 18 heavy (non-hydrogen) atoms. The van der Waals surface area contributed by atoms with Crippen molar-refractivity contribution in [1.29, 1.82) is 0 Å². The van der Waals surface area contributed by atoms with Gasteiger partial charge in [-0.05, 0) is 18.4 Å². The third kappa shape index (κ3) is 2.84. The second-order valence-electron chi connectivity index (χ2n) is 5.15. The summed E-state index contributed by atoms with van der Waals surface area (Å²) in [7, 11) is 0. The first-order chi connectivity index (χ1) is 8.38. The first-order valence-corrected chi connectivity index (χ1v) is 7.43. The first kappa shape index (κ1) is 13.4. The summed E-state index contributed by atoms with van der Waals surface area (Å²) in [5, 5.41) is 3.02. The van der Waals surface area contributed by atoms with Crippen LogP contribution in [0.5, 0.6) is 0 Å². The summed E-state index contributed by atoms with van der Waals surface area (Å²) in [5.41, 5.74) is 6.85. The predicted octanol–water partition coefficient (Wildman–Crippen LogP) is 3.88. The van der Waals surface area contributed by atoms with Gasteiger partial charge in [0.25, 0.3) is 0 Å². The van der Waals surface area contributed by atoms with E-state index in [1.165, 1.54) is 4.21 Å². The number of hydrogen-bond donors (Lipinski definition) is 1. The van der Waals surface area contributed by atoms with Gasteiger partial charge in [-0.3, -0.25) is 0 Å². The van der Waals surface area contributed by atoms with Crippen LogP contribution in [-0.2, 0) is 5.41 Å². The zero-order valence-corrected chi connectivity index (χ0v) is 12.7. The van der Waals surface area contributed by atoms with Gasteiger partial charge in [0.15, 0.2) is 0 Å². The molecule has 0 unspecified atom stereocenters. The molecule has 2 aromatic heterocycles. The van der Waals surface area contributed by atoms with E-state index in [2.05, 4.69) is 42.2 Å². The largest absolute Gasteiger partial charge is 0.383 e. The maximum Gasteiger partial charge on any atom is 0.137 e. The lowest BCUT2D eigenvalue weighted by atomic mass is 9.95. The molecule has 0 saturated carbocycles. The van der Waals surface area contributed by atoms with Crippen LogP contribution in [0.15, 0.2) is 26.7 Å². The van der Waals surface area contributed by atoms with Crippen molar-refractivity contribution in [3.8, 4) is 0 Å². The lowest BCUT2D eigenvalue weighted by Crippen LogP contribution is -2.18. The molecule has 0 aromatic carbocycles. The summed E-state index contributed by atoms with van der Waals surface area (Å²) in [5.74, 6) is 1.37. The molecule has 0 aliphatic heterocycles. The van der Waals surface area contributed by atoms with E-state index >= 15 is 0 Å². The van der Waals surface area contributed by atoms with Crippen molar-refractivity contribution >= 4 is 28.9 Å². The number of rotatable bonds is 2. The molecule has 96 valence electrons. The van der Waals surface area contributed by atoms with E-state index in [1.807, 2.05) is 13.0 Å². The molecule has 0 aliphatic carbocycles. The van der Waals surface area contributed by atoms with Crippen LogP contribution in [0.4, 0.5) is 5.82 Å². The molecule has 2 N–H and O–H groups in total. The topological polar surface area (TPSA) is 51.8 Å². The van der Waals surface area contributed by atoms with E-state index in [4.69, 9.17) is 5.73 Å². The number of nitrogens with zero attached hydrogens (tertiary/aromatic N) is 2. The summed E-state index contributed by atoms with van der Waals surface area (Å²) in [6.07, 6.45) is 0. The van der Waals surface area contributed by atoms with Crippen molar-refractivity contribution in [2.24, 2.45) is 0 Å². The zero-order chi connectivity index (χ0) is 13.3. The maximum absolute atomic E-state index is 5.99. The molecule has 0 fully saturated rings. The van der Waals surface area contributed by atoms with Crippen molar-refractivity contribution in [3.05, 3.63) is 28.9 Å². The van der Waals surface area contributed by atoms with E-state index < -0.39 is 0 Å². The second kappa shape index (κ2) is 4.90. The minimum Gasteiger partial charge on any atom is -0.383 e. The van der Waals surface area contributed by atoms with Gasteiger partial charge in [0.2, 0.25) is 0 Å². The van der Waals surface area contributed by atoms with Crippen LogP contribution in [0.1, 0.15) is 32.2 Å². The highest BCUT2D eigenvalue weighted by Gasteiger charge is 2.20. The molecule has 0 spiro atoms. The fourth-order valence-corrected chi connectivity index (χ4v) is 3.14. The molecule has 2 aromatic rings. The molecule has 2 heterocycles. The normalized spacial score (nSPS) is 11.8. The van der Waals surface area contributed by atoms with Crippen molar-refractivity contribution in [3.63, 3.8) is 0 Å². The Morgan fingerprint density at radius 1 is 1.28 bits per heavy atom. The monoisotopic (exact) mass is 279 g/mol. The Hall–Kier alpha value is -1.07. The fourth-order valence-electron chi connectivity index (χ4n) is 1.36. The summed E-state index contributed by atoms with van der Waals surface area (Å²) in [6.45, 7) is 8.25. The number of nitrogens with two attached hydrogens (primary N) is 1. The Morgan fingerprint density at radius 2 is 2.00 bits per heavy atom. The van der Waals surface area contributed by atoms with E-state index in [1.54, 1.807) is 23.1 Å². The van der Waals surface area contributed by atoms with Crippen LogP contribution >= 0.6 is 23.1 Å². The molecule has 2 rings (SSSR count). The molecule has 5 heteroatoms. The first-order valence-electron chi connectivity index (χ1n) is 5.74. The van der Waals surface area contributed by atoms with Gasteiger partial charge in [-0.15, -0.1) is 11.3 Å². The van der Waals surface area contributed by atoms with E-state index in [-0.39, 0.29) is 5.41 Å². The molecule has 0 radical (unpaired) electrons. The minimum atomic E-state index is -0.0907. The van der Waals surface area contributed by atoms with Crippen molar-refractivity contribution in [1.82, 2.24) is 9.97 Å². The fraction of sp³-hybridized carbons (Fsp3) is 0.385. The van der Waals surface area contributed by atoms with Crippen LogP contribution in [0.3, 0.4) is 0 Å². The Labute approximate surface area is 116 Å². The zero-order valence-electron chi connectivity index (χ0n) is 11.0. The second-order valence-corrected chi connectivity index (χ2v) is 7.38. The Bertz CT molecular complexity index is 542. The molecule has 0 atom stereocenters. The number of anilines is 1. The summed E-state index contributed by atoms with van der Waals surface area (Å²) in [4.78, 5) is 9.05. The number of nitrogen functional groups attached to an aromatic ring is 1. The van der Waals surface area contributed by atoms with Gasteiger partial charge in [0.1, 0.15) is 16.7 Å². The summed E-state index contributed by atoms with van der Waals surface area (Å²) >= 11 is 3.36. The summed E-state index contributed by atoms with van der Waals surface area (Å²) in [6, 6.07) is 4.13. The van der Waals surface area contributed by atoms with Gasteiger partial charge in [0.05, 0.1) is 4.21 Å². The summed E-state index contributed by atoms with van der Waals surface area (Å²) < 4.78 is 1.22. The van der Waals surface area contributed by atoms with E-state index in [0.29, 0.717) is 5.82 Å². The Kier molecular flexibility index (Phi) is 3.64. The van der Waals surface area contributed by atoms with Gasteiger partial charge < -0.3 is 5.73 Å². The minimum absolute atomic E-state index is 0.0907. The highest BCUT2D eigenvalue weighted by atomic mass is 32.2. The van der Waals surface area contributed by atoms with Crippen LogP contribution in [0, 0.1) is 6.92 Å². The molecule has 3 nitrogen and oxygen atoms in total. The van der Waals surface area contributed by atoms with Crippen LogP contribution in [0.2, 0.25) is 0 Å². The Morgan fingerprint density at radius 3 is 2.56 bits per heavy atom. The van der Waals surface area contributed by atoms with Crippen LogP contribution in [-0.4, -0.2) is 9.97 Å². The van der Waals surface area contributed by atoms with Gasteiger partial charge in [-0.25, -0.2) is 9.97 Å². The van der Waals surface area contributed by atoms with Gasteiger partial charge in [-0.1, -0.05) is 38.6 Å². The SMILES string of the molecule is Cc1c(N)nc(C(C)(C)C)nc1Sc1cccs1. The van der Waals surface area contributed by atoms with Gasteiger partial charge >= 0.3 is 0 Å². The molecular weight excluding hydrogens is 262 g/mol. The highest BCUT2D eigenvalue weighted by molar-refractivity contribution is 8.01. The van der Waals surface area contributed by atoms with E-state index in [0.717, 1.165) is 16.4 Å². The van der Waals surface area contributed by atoms with Crippen molar-refractivity contribution in [2.45, 2.75) is 42.3 Å². The standard InChI is InChI=1S/C13H17N3S2/c1-8-10(14)15-12(13(2,3)4)16-11(8)18-9-6-5-7-17-9/h5-7H,1-4H3,(H2,14,15,16). The predicted molar refractivity (Wildman–Crippen MR) is 78.3 cm³/mol. The quantitative estimate of drug-likeness (QED) is 0.848. The number of hydrogen-bond acceptors (Lipinski definition) is 5. The number of thiophene rings is 1. The van der Waals surface area contributed by atoms with Gasteiger partial charge in [0, 0.05) is 11.0 Å². The smallest absolute Gasteiger partial charge is 0.137 e. The van der Waals surface area contributed by atoms with Crippen LogP contribution < -0.4 is 5.73 Å². The molecule has 0 aliphatic rings. The van der Waals surface area contributed by atoms with Crippen molar-refractivity contribution in [2.75, 3.05) is 5.73 Å². The lowest BCUT2D eigenvalue weighted by Gasteiger charge is -2.18. The Balaban J connectivity index is 2.43. The average Bonchev–Trinajstić information content (AvgIpc) is 2.75. The lowest BCUT2D eigenvalue weighted by molar-refractivity contribution is 0.538. The molecular formula is C13H17N3S2. The van der Waals surface area contributed by atoms with Gasteiger partial charge in [-0.2, -0.15) is 0 Å². The van der Waals surface area contributed by atoms with Crippen molar-refractivity contribution < 1.29 is 0 Å². The molecule has 0 bridgehead atoms. The molecule has 0 amide bonds. The third-order valence-corrected chi connectivity index (χ3v) is 4.63. The average molecular weight is 279 g/mol. The molecule has 0 saturated heterocycles. The van der Waals surface area contributed by atoms with Crippen LogP contribution in [0.25, 0.3) is 0 Å². The number of aromatic nitrogens is 2. The van der Waals surface area contributed by atoms with E-state index in [9.17, 15) is 0 Å². The third-order valence-electron chi connectivity index (χ3n) is 2.50.